The van der Waals surface area contributed by atoms with E-state index in [4.69, 9.17) is 5.11 Å². The highest BCUT2D eigenvalue weighted by atomic mass is 16.4. The molecule has 0 aromatic heterocycles. The molecule has 2 amide bonds. The van der Waals surface area contributed by atoms with Crippen molar-refractivity contribution in [2.75, 3.05) is 13.2 Å². The monoisotopic (exact) mass is 370 g/mol. The van der Waals surface area contributed by atoms with Crippen LogP contribution in [0, 0.1) is 0 Å². The van der Waals surface area contributed by atoms with Crippen LogP contribution in [0.25, 0.3) is 0 Å². The summed E-state index contributed by atoms with van der Waals surface area (Å²) in [5, 5.41) is 21.2. The molecule has 0 spiro atoms. The van der Waals surface area contributed by atoms with Crippen LogP contribution in [0.4, 0.5) is 4.79 Å². The Morgan fingerprint density at radius 3 is 2.11 bits per heavy atom. The van der Waals surface area contributed by atoms with Gasteiger partial charge < -0.3 is 20.4 Å². The zero-order valence-electron chi connectivity index (χ0n) is 15.3. The van der Waals surface area contributed by atoms with E-state index >= 15 is 0 Å². The molecule has 0 radical (unpaired) electrons. The summed E-state index contributed by atoms with van der Waals surface area (Å²) in [6, 6.07) is 18.6. The molecule has 1 unspecified atom stereocenters. The van der Waals surface area contributed by atoms with E-state index in [0.717, 1.165) is 11.1 Å². The summed E-state index contributed by atoms with van der Waals surface area (Å²) >= 11 is 0. The third-order valence-electron chi connectivity index (χ3n) is 4.23. The van der Waals surface area contributed by atoms with Crippen LogP contribution in [0.2, 0.25) is 0 Å². The van der Waals surface area contributed by atoms with Crippen LogP contribution >= 0.6 is 0 Å². The maximum Gasteiger partial charge on any atom is 0.318 e. The molecule has 0 heterocycles. The van der Waals surface area contributed by atoms with Gasteiger partial charge >= 0.3 is 12.0 Å². The van der Waals surface area contributed by atoms with E-state index in [1.807, 2.05) is 60.7 Å². The second-order valence-electron chi connectivity index (χ2n) is 6.40. The number of hydrogen-bond donors (Lipinski definition) is 3. The zero-order valence-corrected chi connectivity index (χ0v) is 15.3. The highest BCUT2D eigenvalue weighted by Gasteiger charge is 2.19. The van der Waals surface area contributed by atoms with Gasteiger partial charge in [0.05, 0.1) is 6.61 Å². The second-order valence-corrected chi connectivity index (χ2v) is 6.40. The Morgan fingerprint density at radius 1 is 0.963 bits per heavy atom. The number of amides is 2. The van der Waals surface area contributed by atoms with Crippen LogP contribution < -0.4 is 5.32 Å². The Balaban J connectivity index is 2.04. The lowest BCUT2D eigenvalue weighted by atomic mass is 10.0. The second kappa shape index (κ2) is 11.0. The summed E-state index contributed by atoms with van der Waals surface area (Å²) in [5.41, 5.74) is 2.00. The Labute approximate surface area is 159 Å². The molecular formula is C21H26N2O4. The summed E-state index contributed by atoms with van der Waals surface area (Å²) in [7, 11) is 0. The molecular weight excluding hydrogens is 344 g/mol. The first-order valence-corrected chi connectivity index (χ1v) is 9.04. The van der Waals surface area contributed by atoms with Gasteiger partial charge in [0.25, 0.3) is 0 Å². The maximum absolute atomic E-state index is 12.7. The van der Waals surface area contributed by atoms with Gasteiger partial charge in [-0.1, -0.05) is 60.7 Å². The number of rotatable bonds is 10. The Hall–Kier alpha value is -2.86. The molecule has 0 bridgehead atoms. The van der Waals surface area contributed by atoms with Gasteiger partial charge in [-0.15, -0.1) is 0 Å². The fourth-order valence-electron chi connectivity index (χ4n) is 2.86. The van der Waals surface area contributed by atoms with Crippen LogP contribution in [0.1, 0.15) is 24.0 Å². The molecule has 0 saturated carbocycles. The van der Waals surface area contributed by atoms with Crippen molar-refractivity contribution in [3.05, 3.63) is 71.8 Å². The minimum Gasteiger partial charge on any atom is -0.481 e. The van der Waals surface area contributed by atoms with Crippen LogP contribution in [0.3, 0.4) is 0 Å². The van der Waals surface area contributed by atoms with E-state index in [1.54, 1.807) is 0 Å². The number of carbonyl (C=O) groups excluding carboxylic acids is 1. The molecule has 0 aliphatic heterocycles. The first-order chi connectivity index (χ1) is 13.1. The van der Waals surface area contributed by atoms with Crippen LogP contribution in [-0.4, -0.2) is 46.3 Å². The summed E-state index contributed by atoms with van der Waals surface area (Å²) in [5.74, 6) is -0.890. The number of aliphatic hydroxyl groups is 1. The van der Waals surface area contributed by atoms with E-state index < -0.39 is 5.97 Å². The standard InChI is InChI=1S/C21H26N2O4/c24-14-13-23(16-18-9-5-2-6-10-18)21(27)22-19(11-12-20(25)26)15-17-7-3-1-4-8-17/h1-10,19,24H,11-16H2,(H,22,27)(H,25,26). The van der Waals surface area contributed by atoms with E-state index in [1.165, 1.54) is 4.90 Å². The van der Waals surface area contributed by atoms with E-state index in [-0.39, 0.29) is 31.6 Å². The fraction of sp³-hybridized carbons (Fsp3) is 0.333. The molecule has 3 N–H and O–H groups in total. The quantitative estimate of drug-likeness (QED) is 0.600. The summed E-state index contributed by atoms with van der Waals surface area (Å²) < 4.78 is 0. The molecule has 6 nitrogen and oxygen atoms in total. The molecule has 2 aromatic rings. The molecule has 2 rings (SSSR count). The van der Waals surface area contributed by atoms with Crippen molar-refractivity contribution < 1.29 is 19.8 Å². The Bertz CT molecular complexity index is 707. The molecule has 6 heteroatoms. The topological polar surface area (TPSA) is 89.9 Å². The lowest BCUT2D eigenvalue weighted by Crippen LogP contribution is -2.46. The third kappa shape index (κ3) is 7.50. The van der Waals surface area contributed by atoms with Gasteiger partial charge in [-0.05, 0) is 24.0 Å². The predicted molar refractivity (Wildman–Crippen MR) is 103 cm³/mol. The first kappa shape index (κ1) is 20.5. The minimum atomic E-state index is -0.890. The molecule has 1 atom stereocenters. The summed E-state index contributed by atoms with van der Waals surface area (Å²) in [6.45, 7) is 0.445. The van der Waals surface area contributed by atoms with Crippen molar-refractivity contribution in [1.82, 2.24) is 10.2 Å². The minimum absolute atomic E-state index is 0.0174. The first-order valence-electron chi connectivity index (χ1n) is 9.04. The molecule has 2 aromatic carbocycles. The molecule has 144 valence electrons. The maximum atomic E-state index is 12.7. The number of benzene rings is 2. The van der Waals surface area contributed by atoms with Crippen molar-refractivity contribution >= 4 is 12.0 Å². The van der Waals surface area contributed by atoms with Gasteiger partial charge in [0.2, 0.25) is 0 Å². The number of carboxylic acids is 1. The molecule has 0 fully saturated rings. The summed E-state index contributed by atoms with van der Waals surface area (Å²) in [6.07, 6.45) is 0.878. The SMILES string of the molecule is O=C(O)CCC(Cc1ccccc1)NC(=O)N(CCO)Cc1ccccc1. The van der Waals surface area contributed by atoms with Gasteiger partial charge in [0.15, 0.2) is 0 Å². The van der Waals surface area contributed by atoms with E-state index in [2.05, 4.69) is 5.32 Å². The lowest BCUT2D eigenvalue weighted by Gasteiger charge is -2.26. The van der Waals surface area contributed by atoms with Crippen LogP contribution in [0.15, 0.2) is 60.7 Å². The van der Waals surface area contributed by atoms with Gasteiger partial charge in [-0.2, -0.15) is 0 Å². The van der Waals surface area contributed by atoms with Gasteiger partial charge in [-0.25, -0.2) is 4.79 Å². The number of hydrogen-bond acceptors (Lipinski definition) is 3. The van der Waals surface area contributed by atoms with Gasteiger partial charge in [-0.3, -0.25) is 4.79 Å². The van der Waals surface area contributed by atoms with Crippen LogP contribution in [0.5, 0.6) is 0 Å². The van der Waals surface area contributed by atoms with Crippen molar-refractivity contribution in [3.63, 3.8) is 0 Å². The Morgan fingerprint density at radius 2 is 1.56 bits per heavy atom. The fourth-order valence-corrected chi connectivity index (χ4v) is 2.86. The third-order valence-corrected chi connectivity index (χ3v) is 4.23. The van der Waals surface area contributed by atoms with Crippen molar-refractivity contribution in [1.29, 1.82) is 0 Å². The van der Waals surface area contributed by atoms with E-state index in [9.17, 15) is 14.7 Å². The highest BCUT2D eigenvalue weighted by molar-refractivity contribution is 5.74. The smallest absolute Gasteiger partial charge is 0.318 e. The number of nitrogens with one attached hydrogen (secondary N) is 1. The van der Waals surface area contributed by atoms with Crippen molar-refractivity contribution in [2.24, 2.45) is 0 Å². The molecule has 0 aliphatic carbocycles. The van der Waals surface area contributed by atoms with Crippen LogP contribution in [-0.2, 0) is 17.8 Å². The molecule has 0 aliphatic rings. The average Bonchev–Trinajstić information content (AvgIpc) is 2.67. The Kier molecular flexibility index (Phi) is 8.32. The van der Waals surface area contributed by atoms with Crippen molar-refractivity contribution in [2.45, 2.75) is 31.8 Å². The zero-order chi connectivity index (χ0) is 19.5. The summed E-state index contributed by atoms with van der Waals surface area (Å²) in [4.78, 5) is 25.2. The number of nitrogens with zero attached hydrogens (tertiary/aromatic N) is 1. The number of urea groups is 1. The lowest BCUT2D eigenvalue weighted by molar-refractivity contribution is -0.137. The van der Waals surface area contributed by atoms with E-state index in [0.29, 0.717) is 19.4 Å². The number of aliphatic carboxylic acids is 1. The number of carboxylic acid groups (broad SMARTS) is 1. The highest BCUT2D eigenvalue weighted by Crippen LogP contribution is 2.10. The van der Waals surface area contributed by atoms with Gasteiger partial charge in [0, 0.05) is 25.6 Å². The number of aliphatic hydroxyl groups excluding tert-OH is 1. The predicted octanol–water partition coefficient (Wildman–Crippen LogP) is 2.67. The largest absolute Gasteiger partial charge is 0.481 e. The average molecular weight is 370 g/mol. The van der Waals surface area contributed by atoms with Crippen molar-refractivity contribution in [3.8, 4) is 0 Å². The van der Waals surface area contributed by atoms with Gasteiger partial charge in [0.1, 0.15) is 0 Å². The molecule has 0 saturated heterocycles. The number of carbonyl (C=O) groups is 2. The normalized spacial score (nSPS) is 11.6. The molecule has 27 heavy (non-hydrogen) atoms.